The number of aryl methyl sites for hydroxylation is 1. The fourth-order valence-electron chi connectivity index (χ4n) is 1.92. The molecule has 0 heterocycles. The molecule has 0 spiro atoms. The van der Waals surface area contributed by atoms with Crippen LogP contribution in [0.4, 0.5) is 18.0 Å². The maximum Gasteiger partial charge on any atom is 0.416 e. The zero-order valence-corrected chi connectivity index (χ0v) is 12.8. The average Bonchev–Trinajstić information content (AvgIpc) is 2.44. The van der Waals surface area contributed by atoms with E-state index < -0.39 is 24.9 Å². The monoisotopic (exact) mass is 318 g/mol. The molecule has 2 atom stereocenters. The molecular weight excluding hydrogens is 297 g/mol. The lowest BCUT2D eigenvalue weighted by molar-refractivity contribution is -0.205. The Morgan fingerprint density at radius 1 is 1.32 bits per heavy atom. The summed E-state index contributed by atoms with van der Waals surface area (Å²) in [6.45, 7) is 3.00. The molecule has 4 nitrogen and oxygen atoms in total. The summed E-state index contributed by atoms with van der Waals surface area (Å²) >= 11 is 0. The van der Waals surface area contributed by atoms with Gasteiger partial charge in [0.1, 0.15) is 0 Å². The number of urea groups is 1. The topological polar surface area (TPSA) is 52.6 Å². The van der Waals surface area contributed by atoms with Gasteiger partial charge in [-0.3, -0.25) is 0 Å². The molecule has 0 unspecified atom stereocenters. The number of likely N-dealkylation sites (N-methyl/N-ethyl adjacent to an activating group) is 1. The summed E-state index contributed by atoms with van der Waals surface area (Å²) in [5, 5.41) is 11.7. The Hall–Kier alpha value is -1.76. The minimum atomic E-state index is -4.74. The second kappa shape index (κ2) is 7.49. The molecule has 0 radical (unpaired) electrons. The van der Waals surface area contributed by atoms with Crippen LogP contribution in [0.2, 0.25) is 0 Å². The number of nitrogens with zero attached hydrogens (tertiary/aromatic N) is 1. The molecule has 0 saturated carbocycles. The number of hydrogen-bond donors (Lipinski definition) is 2. The molecule has 2 amide bonds. The number of benzene rings is 1. The third-order valence-electron chi connectivity index (χ3n) is 3.36. The van der Waals surface area contributed by atoms with Crippen LogP contribution in [0, 0.1) is 6.92 Å². The molecule has 0 aromatic heterocycles. The van der Waals surface area contributed by atoms with E-state index in [1.807, 2.05) is 38.1 Å². The van der Waals surface area contributed by atoms with E-state index in [2.05, 4.69) is 5.32 Å². The largest absolute Gasteiger partial charge is 0.416 e. The Kier molecular flexibility index (Phi) is 6.22. The van der Waals surface area contributed by atoms with Crippen molar-refractivity contribution in [2.45, 2.75) is 38.6 Å². The van der Waals surface area contributed by atoms with Crippen molar-refractivity contribution in [3.8, 4) is 0 Å². The van der Waals surface area contributed by atoms with Crippen molar-refractivity contribution in [3.63, 3.8) is 0 Å². The van der Waals surface area contributed by atoms with Gasteiger partial charge >= 0.3 is 12.2 Å². The molecule has 0 aliphatic heterocycles. The number of amides is 2. The van der Waals surface area contributed by atoms with Gasteiger partial charge < -0.3 is 15.3 Å². The molecule has 0 saturated heterocycles. The van der Waals surface area contributed by atoms with Gasteiger partial charge in [0.05, 0.1) is 12.6 Å². The van der Waals surface area contributed by atoms with Crippen molar-refractivity contribution in [1.29, 1.82) is 0 Å². The Morgan fingerprint density at radius 2 is 1.86 bits per heavy atom. The number of hydrogen-bond acceptors (Lipinski definition) is 2. The van der Waals surface area contributed by atoms with Gasteiger partial charge in [0, 0.05) is 7.05 Å². The van der Waals surface area contributed by atoms with Crippen LogP contribution in [-0.2, 0) is 0 Å². The number of rotatable bonds is 5. The maximum atomic E-state index is 12.3. The van der Waals surface area contributed by atoms with Crippen LogP contribution in [0.3, 0.4) is 0 Å². The van der Waals surface area contributed by atoms with Crippen LogP contribution in [0.1, 0.15) is 30.5 Å². The van der Waals surface area contributed by atoms with Gasteiger partial charge in [0.2, 0.25) is 0 Å². The summed E-state index contributed by atoms with van der Waals surface area (Å²) < 4.78 is 36.9. The SMILES string of the molecule is CC[C@H](NC(=O)N(C)C[C@@H](O)C(F)(F)F)c1ccc(C)cc1. The van der Waals surface area contributed by atoms with E-state index >= 15 is 0 Å². The number of aliphatic hydroxyl groups excluding tert-OH is 1. The smallest absolute Gasteiger partial charge is 0.382 e. The number of halogens is 3. The molecule has 124 valence electrons. The molecule has 1 aromatic carbocycles. The maximum absolute atomic E-state index is 12.3. The van der Waals surface area contributed by atoms with Crippen molar-refractivity contribution >= 4 is 6.03 Å². The molecule has 0 aliphatic rings. The van der Waals surface area contributed by atoms with E-state index in [4.69, 9.17) is 5.11 Å². The average molecular weight is 318 g/mol. The van der Waals surface area contributed by atoms with Crippen molar-refractivity contribution in [3.05, 3.63) is 35.4 Å². The number of carbonyl (C=O) groups is 1. The van der Waals surface area contributed by atoms with Crippen molar-refractivity contribution < 1.29 is 23.1 Å². The molecule has 7 heteroatoms. The fourth-order valence-corrected chi connectivity index (χ4v) is 1.92. The number of nitrogens with one attached hydrogen (secondary N) is 1. The van der Waals surface area contributed by atoms with E-state index in [9.17, 15) is 18.0 Å². The first-order chi connectivity index (χ1) is 10.1. The van der Waals surface area contributed by atoms with Gasteiger partial charge in [-0.1, -0.05) is 36.8 Å². The minimum absolute atomic E-state index is 0.293. The van der Waals surface area contributed by atoms with Crippen LogP contribution in [-0.4, -0.2) is 41.9 Å². The molecule has 0 bridgehead atoms. The Balaban J connectivity index is 2.66. The lowest BCUT2D eigenvalue weighted by Gasteiger charge is -2.25. The number of alkyl halides is 3. The minimum Gasteiger partial charge on any atom is -0.382 e. The van der Waals surface area contributed by atoms with Gasteiger partial charge in [-0.15, -0.1) is 0 Å². The molecule has 1 aromatic rings. The molecule has 2 N–H and O–H groups in total. The van der Waals surface area contributed by atoms with Crippen LogP contribution >= 0.6 is 0 Å². The highest BCUT2D eigenvalue weighted by molar-refractivity contribution is 5.74. The first-order valence-corrected chi connectivity index (χ1v) is 6.98. The second-order valence-corrected chi connectivity index (χ2v) is 5.26. The van der Waals surface area contributed by atoms with E-state index in [0.29, 0.717) is 6.42 Å². The van der Waals surface area contributed by atoms with Gasteiger partial charge in [0.25, 0.3) is 0 Å². The molecule has 22 heavy (non-hydrogen) atoms. The number of carbonyl (C=O) groups excluding carboxylic acids is 1. The van der Waals surface area contributed by atoms with Gasteiger partial charge in [-0.2, -0.15) is 13.2 Å². The predicted molar refractivity (Wildman–Crippen MR) is 77.4 cm³/mol. The summed E-state index contributed by atoms with van der Waals surface area (Å²) in [4.78, 5) is 12.8. The zero-order chi connectivity index (χ0) is 16.9. The van der Waals surface area contributed by atoms with E-state index in [-0.39, 0.29) is 6.04 Å². The highest BCUT2D eigenvalue weighted by atomic mass is 19.4. The standard InChI is InChI=1S/C15H21F3N2O2/c1-4-12(11-7-5-10(2)6-8-11)19-14(22)20(3)9-13(21)15(16,17)18/h5-8,12-13,21H,4,9H2,1-3H3,(H,19,22)/t12-,13+/m0/s1. The van der Waals surface area contributed by atoms with Crippen LogP contribution in [0.15, 0.2) is 24.3 Å². The quantitative estimate of drug-likeness (QED) is 0.877. The highest BCUT2D eigenvalue weighted by Crippen LogP contribution is 2.21. The molecule has 0 aliphatic carbocycles. The molecule has 1 rings (SSSR count). The Bertz CT molecular complexity index is 489. The van der Waals surface area contributed by atoms with E-state index in [0.717, 1.165) is 16.0 Å². The van der Waals surface area contributed by atoms with Crippen molar-refractivity contribution in [2.75, 3.05) is 13.6 Å². The lowest BCUT2D eigenvalue weighted by Crippen LogP contribution is -2.46. The normalized spacial score (nSPS) is 14.3. The van der Waals surface area contributed by atoms with Crippen molar-refractivity contribution in [2.24, 2.45) is 0 Å². The summed E-state index contributed by atoms with van der Waals surface area (Å²) in [6, 6.07) is 6.60. The Morgan fingerprint density at radius 3 is 2.32 bits per heavy atom. The van der Waals surface area contributed by atoms with E-state index in [1.165, 1.54) is 7.05 Å². The summed E-state index contributed by atoms with van der Waals surface area (Å²) in [5.41, 5.74) is 1.96. The molecule has 0 fully saturated rings. The van der Waals surface area contributed by atoms with Crippen LogP contribution in [0.25, 0.3) is 0 Å². The first kappa shape index (κ1) is 18.3. The van der Waals surface area contributed by atoms with Crippen LogP contribution < -0.4 is 5.32 Å². The van der Waals surface area contributed by atoms with Gasteiger partial charge in [-0.25, -0.2) is 4.79 Å². The predicted octanol–water partition coefficient (Wildman–Crippen LogP) is 3.01. The highest BCUT2D eigenvalue weighted by Gasteiger charge is 2.39. The number of aliphatic hydroxyl groups is 1. The zero-order valence-electron chi connectivity index (χ0n) is 12.8. The van der Waals surface area contributed by atoms with E-state index in [1.54, 1.807) is 0 Å². The van der Waals surface area contributed by atoms with Gasteiger partial charge in [0.15, 0.2) is 6.10 Å². The van der Waals surface area contributed by atoms with Crippen LogP contribution in [0.5, 0.6) is 0 Å². The summed E-state index contributed by atoms with van der Waals surface area (Å²) in [6.07, 6.45) is -6.69. The lowest BCUT2D eigenvalue weighted by atomic mass is 10.0. The van der Waals surface area contributed by atoms with Gasteiger partial charge in [-0.05, 0) is 18.9 Å². The molecular formula is C15H21F3N2O2. The second-order valence-electron chi connectivity index (χ2n) is 5.26. The third kappa shape index (κ3) is 5.22. The Labute approximate surface area is 127 Å². The third-order valence-corrected chi connectivity index (χ3v) is 3.36. The first-order valence-electron chi connectivity index (χ1n) is 6.98. The van der Waals surface area contributed by atoms with Crippen molar-refractivity contribution in [1.82, 2.24) is 10.2 Å². The summed E-state index contributed by atoms with van der Waals surface area (Å²) in [7, 11) is 1.21. The summed E-state index contributed by atoms with van der Waals surface area (Å²) in [5.74, 6) is 0. The fraction of sp³-hybridized carbons (Fsp3) is 0.533.